The van der Waals surface area contributed by atoms with Gasteiger partial charge in [0.1, 0.15) is 18.2 Å². The first-order valence-electron chi connectivity index (χ1n) is 8.98. The van der Waals surface area contributed by atoms with Crippen LogP contribution < -0.4 is 9.46 Å². The number of esters is 1. The predicted octanol–water partition coefficient (Wildman–Crippen LogP) is 4.30. The summed E-state index contributed by atoms with van der Waals surface area (Å²) in [5.74, 6) is -0.533. The van der Waals surface area contributed by atoms with Gasteiger partial charge in [-0.2, -0.15) is 0 Å². The van der Waals surface area contributed by atoms with E-state index in [0.717, 1.165) is 17.7 Å². The molecule has 3 aromatic carbocycles. The number of ether oxygens (including phenoxy) is 2. The van der Waals surface area contributed by atoms with Crippen molar-refractivity contribution in [3.8, 4) is 5.75 Å². The molecule has 6 nitrogen and oxygen atoms in total. The summed E-state index contributed by atoms with van der Waals surface area (Å²) in [6.45, 7) is 1.51. The van der Waals surface area contributed by atoms with Crippen molar-refractivity contribution < 1.29 is 27.1 Å². The lowest BCUT2D eigenvalue weighted by molar-refractivity contribution is 0.0474. The van der Waals surface area contributed by atoms with Gasteiger partial charge in [-0.15, -0.1) is 0 Å². The smallest absolute Gasteiger partial charge is 0.340 e. The Morgan fingerprint density at radius 2 is 1.73 bits per heavy atom. The van der Waals surface area contributed by atoms with Crippen molar-refractivity contribution in [2.45, 2.75) is 18.4 Å². The van der Waals surface area contributed by atoms with Gasteiger partial charge in [-0.1, -0.05) is 24.3 Å². The number of aryl methyl sites for hydroxylation is 1. The Hall–Kier alpha value is -3.39. The lowest BCUT2D eigenvalue weighted by Gasteiger charge is -2.14. The average Bonchev–Trinajstić information content (AvgIpc) is 2.72. The minimum absolute atomic E-state index is 0.0149. The summed E-state index contributed by atoms with van der Waals surface area (Å²) in [7, 11) is -2.47. The van der Waals surface area contributed by atoms with Crippen LogP contribution >= 0.6 is 0 Å². The molecule has 0 aliphatic carbocycles. The Bertz CT molecular complexity index is 1160. The van der Waals surface area contributed by atoms with E-state index in [9.17, 15) is 17.6 Å². The second-order valence-electron chi connectivity index (χ2n) is 6.49. The Balaban J connectivity index is 1.78. The quantitative estimate of drug-likeness (QED) is 0.567. The number of para-hydroxylation sites is 1. The molecule has 0 fully saturated rings. The summed E-state index contributed by atoms with van der Waals surface area (Å²) >= 11 is 0. The van der Waals surface area contributed by atoms with Gasteiger partial charge in [-0.05, 0) is 60.5 Å². The lowest BCUT2D eigenvalue weighted by Crippen LogP contribution is -2.17. The first kappa shape index (κ1) is 21.3. The van der Waals surface area contributed by atoms with E-state index in [1.54, 1.807) is 43.5 Å². The molecule has 0 spiro atoms. The van der Waals surface area contributed by atoms with Gasteiger partial charge in [0.25, 0.3) is 10.0 Å². The maximum atomic E-state index is 13.3. The van der Waals surface area contributed by atoms with Gasteiger partial charge in [-0.25, -0.2) is 17.6 Å². The fourth-order valence-corrected chi connectivity index (χ4v) is 4.12. The normalized spacial score (nSPS) is 11.0. The third-order valence-corrected chi connectivity index (χ3v) is 5.87. The molecule has 0 aliphatic heterocycles. The molecule has 3 aromatic rings. The molecule has 0 unspecified atom stereocenters. The first-order chi connectivity index (χ1) is 14.3. The Morgan fingerprint density at radius 1 is 1.03 bits per heavy atom. The van der Waals surface area contributed by atoms with Crippen molar-refractivity contribution in [3.05, 3.63) is 89.2 Å². The van der Waals surface area contributed by atoms with Crippen LogP contribution in [0.5, 0.6) is 5.75 Å². The minimum Gasteiger partial charge on any atom is -0.497 e. The number of benzene rings is 3. The fourth-order valence-electron chi connectivity index (χ4n) is 2.81. The van der Waals surface area contributed by atoms with Crippen LogP contribution in [0.1, 0.15) is 21.5 Å². The molecular formula is C22H20FNO5S. The van der Waals surface area contributed by atoms with Crippen LogP contribution in [-0.2, 0) is 21.4 Å². The van der Waals surface area contributed by atoms with E-state index in [1.807, 2.05) is 0 Å². The predicted molar refractivity (Wildman–Crippen MR) is 111 cm³/mol. The van der Waals surface area contributed by atoms with Gasteiger partial charge in [0, 0.05) is 0 Å². The van der Waals surface area contributed by atoms with Gasteiger partial charge in [-0.3, -0.25) is 4.72 Å². The summed E-state index contributed by atoms with van der Waals surface area (Å²) in [5, 5.41) is 0. The third kappa shape index (κ3) is 4.96. The van der Waals surface area contributed by atoms with Crippen molar-refractivity contribution in [1.29, 1.82) is 0 Å². The highest BCUT2D eigenvalue weighted by molar-refractivity contribution is 7.92. The Morgan fingerprint density at radius 3 is 2.40 bits per heavy atom. The number of sulfonamides is 1. The van der Waals surface area contributed by atoms with Crippen LogP contribution in [0.25, 0.3) is 0 Å². The molecule has 1 N–H and O–H groups in total. The molecule has 0 bridgehead atoms. The average molecular weight is 429 g/mol. The number of hydrogen-bond acceptors (Lipinski definition) is 5. The van der Waals surface area contributed by atoms with Crippen LogP contribution in [0.4, 0.5) is 10.1 Å². The van der Waals surface area contributed by atoms with Crippen LogP contribution in [0.15, 0.2) is 71.6 Å². The van der Waals surface area contributed by atoms with Gasteiger partial charge < -0.3 is 9.47 Å². The van der Waals surface area contributed by atoms with E-state index in [2.05, 4.69) is 4.72 Å². The second kappa shape index (κ2) is 8.96. The number of carbonyl (C=O) groups excluding carboxylic acids is 1. The van der Waals surface area contributed by atoms with E-state index in [1.165, 1.54) is 25.1 Å². The molecule has 0 heterocycles. The van der Waals surface area contributed by atoms with Crippen molar-refractivity contribution >= 4 is 21.7 Å². The summed E-state index contributed by atoms with van der Waals surface area (Å²) in [5.41, 5.74) is 1.14. The molecule has 0 radical (unpaired) electrons. The summed E-state index contributed by atoms with van der Waals surface area (Å²) in [6.07, 6.45) is 0. The second-order valence-corrected chi connectivity index (χ2v) is 8.14. The van der Waals surface area contributed by atoms with Gasteiger partial charge in [0.15, 0.2) is 0 Å². The highest BCUT2D eigenvalue weighted by atomic mass is 32.2. The highest BCUT2D eigenvalue weighted by Gasteiger charge is 2.21. The molecule has 30 heavy (non-hydrogen) atoms. The van der Waals surface area contributed by atoms with E-state index in [0.29, 0.717) is 5.75 Å². The van der Waals surface area contributed by atoms with Crippen LogP contribution in [-0.4, -0.2) is 21.5 Å². The molecular weight excluding hydrogens is 409 g/mol. The number of anilines is 1. The monoisotopic (exact) mass is 429 g/mol. The topological polar surface area (TPSA) is 81.7 Å². The fraction of sp³-hybridized carbons (Fsp3) is 0.136. The largest absolute Gasteiger partial charge is 0.497 e. The molecule has 0 amide bonds. The van der Waals surface area contributed by atoms with Gasteiger partial charge >= 0.3 is 5.97 Å². The molecule has 0 saturated heterocycles. The number of carbonyl (C=O) groups is 1. The van der Waals surface area contributed by atoms with Crippen molar-refractivity contribution in [2.75, 3.05) is 11.8 Å². The zero-order chi connectivity index (χ0) is 21.7. The van der Waals surface area contributed by atoms with Gasteiger partial charge in [0.05, 0.1) is 23.3 Å². The molecule has 0 aliphatic rings. The number of rotatable bonds is 7. The zero-order valence-corrected chi connectivity index (χ0v) is 17.2. The molecule has 0 aromatic heterocycles. The number of methoxy groups -OCH3 is 1. The number of hydrogen-bond donors (Lipinski definition) is 1. The number of halogens is 1. The lowest BCUT2D eigenvalue weighted by atomic mass is 10.2. The maximum Gasteiger partial charge on any atom is 0.340 e. The van der Waals surface area contributed by atoms with Crippen LogP contribution in [0, 0.1) is 12.7 Å². The third-order valence-electron chi connectivity index (χ3n) is 4.35. The first-order valence-corrected chi connectivity index (χ1v) is 10.5. The van der Waals surface area contributed by atoms with E-state index >= 15 is 0 Å². The van der Waals surface area contributed by atoms with E-state index in [4.69, 9.17) is 9.47 Å². The summed E-state index contributed by atoms with van der Waals surface area (Å²) in [4.78, 5) is 12.5. The minimum atomic E-state index is -4.03. The molecule has 156 valence electrons. The standard InChI is InChI=1S/C22H20FNO5S/c1-15-13-17(23)9-12-21(15)30(26,27)24-20-6-4-3-5-19(20)22(25)29-14-16-7-10-18(28-2)11-8-16/h3-13,24H,14H2,1-2H3. The summed E-state index contributed by atoms with van der Waals surface area (Å²) in [6, 6.07) is 16.5. The van der Waals surface area contributed by atoms with E-state index < -0.39 is 21.8 Å². The van der Waals surface area contributed by atoms with Crippen molar-refractivity contribution in [2.24, 2.45) is 0 Å². The molecule has 8 heteroatoms. The summed E-state index contributed by atoms with van der Waals surface area (Å²) < 4.78 is 51.6. The maximum absolute atomic E-state index is 13.3. The van der Waals surface area contributed by atoms with Crippen LogP contribution in [0.3, 0.4) is 0 Å². The van der Waals surface area contributed by atoms with Crippen LogP contribution in [0.2, 0.25) is 0 Å². The SMILES string of the molecule is COc1ccc(COC(=O)c2ccccc2NS(=O)(=O)c2ccc(F)cc2C)cc1. The Labute approximate surface area is 174 Å². The molecule has 3 rings (SSSR count). The molecule has 0 saturated carbocycles. The molecule has 0 atom stereocenters. The van der Waals surface area contributed by atoms with Crippen molar-refractivity contribution in [1.82, 2.24) is 0 Å². The zero-order valence-electron chi connectivity index (χ0n) is 16.4. The Kier molecular flexibility index (Phi) is 6.37. The van der Waals surface area contributed by atoms with Crippen molar-refractivity contribution in [3.63, 3.8) is 0 Å². The highest BCUT2D eigenvalue weighted by Crippen LogP contribution is 2.23. The van der Waals surface area contributed by atoms with E-state index in [-0.39, 0.29) is 28.3 Å². The number of nitrogens with one attached hydrogen (secondary N) is 1. The van der Waals surface area contributed by atoms with Gasteiger partial charge in [0.2, 0.25) is 0 Å².